The maximum absolute atomic E-state index is 12.9. The van der Waals surface area contributed by atoms with Crippen LogP contribution < -0.4 is 5.32 Å². The Hall–Kier alpha value is -2.45. The summed E-state index contributed by atoms with van der Waals surface area (Å²) in [6.45, 7) is 4.06. The van der Waals surface area contributed by atoms with Gasteiger partial charge in [0, 0.05) is 13.2 Å². The summed E-state index contributed by atoms with van der Waals surface area (Å²) >= 11 is 0. The number of carbonyl (C=O) groups is 3. The van der Waals surface area contributed by atoms with Crippen molar-refractivity contribution in [3.05, 3.63) is 35.9 Å². The zero-order chi connectivity index (χ0) is 21.9. The molecule has 0 aliphatic carbocycles. The number of carbonyl (C=O) groups excluding carboxylic acids is 2. The third kappa shape index (κ3) is 7.76. The Morgan fingerprint density at radius 1 is 1.30 bits per heavy atom. The molecule has 1 fully saturated rings. The number of nitrogens with one attached hydrogen (secondary N) is 1. The van der Waals surface area contributed by atoms with Gasteiger partial charge in [0.1, 0.15) is 12.6 Å². The van der Waals surface area contributed by atoms with E-state index in [1.54, 1.807) is 13.8 Å². The minimum atomic E-state index is -1.08. The van der Waals surface area contributed by atoms with Crippen molar-refractivity contribution < 1.29 is 29.0 Å². The number of ether oxygens (including phenoxy) is 2. The number of esters is 1. The van der Waals surface area contributed by atoms with Gasteiger partial charge in [-0.05, 0) is 45.1 Å². The van der Waals surface area contributed by atoms with E-state index in [4.69, 9.17) is 9.47 Å². The number of benzene rings is 1. The van der Waals surface area contributed by atoms with Crippen molar-refractivity contribution in [3.8, 4) is 0 Å². The Morgan fingerprint density at radius 3 is 2.63 bits per heavy atom. The summed E-state index contributed by atoms with van der Waals surface area (Å²) in [6, 6.07) is 8.34. The van der Waals surface area contributed by atoms with Crippen LogP contribution in [-0.2, 0) is 30.3 Å². The summed E-state index contributed by atoms with van der Waals surface area (Å²) in [5.74, 6) is -1.88. The lowest BCUT2D eigenvalue weighted by Gasteiger charge is -2.29. The fourth-order valence-corrected chi connectivity index (χ4v) is 3.54. The highest BCUT2D eigenvalue weighted by atomic mass is 16.5. The van der Waals surface area contributed by atoms with E-state index in [0.29, 0.717) is 19.4 Å². The summed E-state index contributed by atoms with van der Waals surface area (Å²) in [5, 5.41) is 12.3. The number of aryl methyl sites for hydroxylation is 1. The molecule has 1 aliphatic heterocycles. The van der Waals surface area contributed by atoms with Gasteiger partial charge in [0.15, 0.2) is 0 Å². The summed E-state index contributed by atoms with van der Waals surface area (Å²) in [7, 11) is 0. The van der Waals surface area contributed by atoms with Gasteiger partial charge >= 0.3 is 11.9 Å². The van der Waals surface area contributed by atoms with Crippen molar-refractivity contribution in [3.63, 3.8) is 0 Å². The van der Waals surface area contributed by atoms with Gasteiger partial charge in [0.05, 0.1) is 18.8 Å². The first-order chi connectivity index (χ1) is 14.4. The van der Waals surface area contributed by atoms with E-state index in [-0.39, 0.29) is 25.2 Å². The molecular weight excluding hydrogens is 388 g/mol. The molecule has 1 aromatic rings. The summed E-state index contributed by atoms with van der Waals surface area (Å²) in [5.41, 5.74) is 1.08. The molecule has 0 saturated carbocycles. The normalized spacial score (nSPS) is 17.9. The minimum absolute atomic E-state index is 0.153. The van der Waals surface area contributed by atoms with Crippen molar-refractivity contribution in [2.75, 3.05) is 26.3 Å². The van der Waals surface area contributed by atoms with Gasteiger partial charge < -0.3 is 19.5 Å². The average Bonchev–Trinajstić information content (AvgIpc) is 3.23. The molecule has 1 aliphatic rings. The van der Waals surface area contributed by atoms with Crippen LogP contribution in [0.1, 0.15) is 38.7 Å². The van der Waals surface area contributed by atoms with Gasteiger partial charge in [0.25, 0.3) is 0 Å². The van der Waals surface area contributed by atoms with Crippen LogP contribution in [-0.4, -0.2) is 72.3 Å². The fraction of sp³-hybridized carbons (Fsp3) is 0.591. The summed E-state index contributed by atoms with van der Waals surface area (Å²) in [6.07, 6.45) is 2.66. The van der Waals surface area contributed by atoms with Crippen molar-refractivity contribution in [1.29, 1.82) is 0 Å². The first kappa shape index (κ1) is 23.8. The monoisotopic (exact) mass is 420 g/mol. The second-order valence-corrected chi connectivity index (χ2v) is 7.46. The average molecular weight is 421 g/mol. The number of amides is 1. The van der Waals surface area contributed by atoms with E-state index >= 15 is 0 Å². The number of hydrogen-bond acceptors (Lipinski definition) is 6. The Labute approximate surface area is 177 Å². The van der Waals surface area contributed by atoms with E-state index in [1.807, 2.05) is 30.3 Å². The highest BCUT2D eigenvalue weighted by Crippen LogP contribution is 2.14. The second-order valence-electron chi connectivity index (χ2n) is 7.46. The molecule has 1 unspecified atom stereocenters. The third-order valence-corrected chi connectivity index (χ3v) is 5.04. The van der Waals surface area contributed by atoms with E-state index in [0.717, 1.165) is 18.4 Å². The van der Waals surface area contributed by atoms with Crippen LogP contribution in [0.5, 0.6) is 0 Å². The maximum atomic E-state index is 12.9. The molecule has 8 heteroatoms. The molecule has 3 atom stereocenters. The lowest BCUT2D eigenvalue weighted by molar-refractivity contribution is -0.149. The number of carboxylic acid groups (broad SMARTS) is 1. The Kier molecular flexibility index (Phi) is 9.76. The van der Waals surface area contributed by atoms with Gasteiger partial charge in [-0.2, -0.15) is 0 Å². The molecule has 1 amide bonds. The fourth-order valence-electron chi connectivity index (χ4n) is 3.54. The summed E-state index contributed by atoms with van der Waals surface area (Å²) in [4.78, 5) is 37.9. The Balaban J connectivity index is 2.02. The first-order valence-corrected chi connectivity index (χ1v) is 10.5. The number of rotatable bonds is 12. The molecule has 1 aromatic carbocycles. The Bertz CT molecular complexity index is 690. The number of aliphatic carboxylic acids is 1. The molecule has 30 heavy (non-hydrogen) atoms. The van der Waals surface area contributed by atoms with E-state index in [2.05, 4.69) is 5.32 Å². The highest BCUT2D eigenvalue weighted by Gasteiger charge is 2.30. The van der Waals surface area contributed by atoms with E-state index in [1.165, 1.54) is 4.90 Å². The van der Waals surface area contributed by atoms with Gasteiger partial charge in [-0.15, -0.1) is 0 Å². The standard InChI is InChI=1S/C22H32N2O6/c1-3-29-22(28)19(12-11-17-8-5-4-6-9-17)23-16(2)21(27)24(15-20(25)26)14-18-10-7-13-30-18/h4-6,8-9,16,18-19,23H,3,7,10-15H2,1-2H3,(H,25,26)/t16-,18?,19-/m0/s1. The Morgan fingerprint density at radius 2 is 2.03 bits per heavy atom. The zero-order valence-corrected chi connectivity index (χ0v) is 17.7. The van der Waals surface area contributed by atoms with Crippen LogP contribution in [0.25, 0.3) is 0 Å². The zero-order valence-electron chi connectivity index (χ0n) is 17.7. The van der Waals surface area contributed by atoms with E-state index in [9.17, 15) is 19.5 Å². The molecular formula is C22H32N2O6. The van der Waals surface area contributed by atoms with Gasteiger partial charge in [-0.1, -0.05) is 30.3 Å². The first-order valence-electron chi connectivity index (χ1n) is 10.5. The molecule has 1 saturated heterocycles. The molecule has 8 nitrogen and oxygen atoms in total. The molecule has 0 radical (unpaired) electrons. The molecule has 2 N–H and O–H groups in total. The SMILES string of the molecule is CCOC(=O)[C@H](CCc1ccccc1)N[C@@H](C)C(=O)N(CC(=O)O)CC1CCCO1. The van der Waals surface area contributed by atoms with Crippen LogP contribution in [0.3, 0.4) is 0 Å². The number of carboxylic acids is 1. The third-order valence-electron chi connectivity index (χ3n) is 5.04. The topological polar surface area (TPSA) is 105 Å². The van der Waals surface area contributed by atoms with Crippen molar-refractivity contribution in [2.45, 2.75) is 57.7 Å². The highest BCUT2D eigenvalue weighted by molar-refractivity contribution is 5.86. The van der Waals surface area contributed by atoms with Crippen molar-refractivity contribution in [2.24, 2.45) is 0 Å². The molecule has 1 heterocycles. The van der Waals surface area contributed by atoms with Gasteiger partial charge in [-0.3, -0.25) is 19.7 Å². The lowest BCUT2D eigenvalue weighted by Crippen LogP contribution is -2.53. The lowest BCUT2D eigenvalue weighted by atomic mass is 10.0. The second kappa shape index (κ2) is 12.3. The number of hydrogen-bond donors (Lipinski definition) is 2. The molecule has 0 bridgehead atoms. The van der Waals surface area contributed by atoms with E-state index < -0.39 is 30.6 Å². The van der Waals surface area contributed by atoms with Crippen LogP contribution in [0, 0.1) is 0 Å². The predicted molar refractivity (Wildman–Crippen MR) is 111 cm³/mol. The molecule has 166 valence electrons. The minimum Gasteiger partial charge on any atom is -0.480 e. The van der Waals surface area contributed by atoms with Crippen LogP contribution in [0.4, 0.5) is 0 Å². The largest absolute Gasteiger partial charge is 0.480 e. The van der Waals surface area contributed by atoms with Crippen LogP contribution in [0.2, 0.25) is 0 Å². The van der Waals surface area contributed by atoms with Crippen molar-refractivity contribution >= 4 is 17.8 Å². The predicted octanol–water partition coefficient (Wildman–Crippen LogP) is 1.62. The summed E-state index contributed by atoms with van der Waals surface area (Å²) < 4.78 is 10.7. The quantitative estimate of drug-likeness (QED) is 0.495. The van der Waals surface area contributed by atoms with Gasteiger partial charge in [-0.25, -0.2) is 0 Å². The van der Waals surface area contributed by atoms with Crippen LogP contribution in [0.15, 0.2) is 30.3 Å². The molecule has 0 aromatic heterocycles. The van der Waals surface area contributed by atoms with Crippen molar-refractivity contribution in [1.82, 2.24) is 10.2 Å². The van der Waals surface area contributed by atoms with Crippen LogP contribution >= 0.6 is 0 Å². The number of nitrogens with zero attached hydrogens (tertiary/aromatic N) is 1. The molecule has 2 rings (SSSR count). The maximum Gasteiger partial charge on any atom is 0.323 e. The smallest absolute Gasteiger partial charge is 0.323 e. The molecule has 0 spiro atoms. The van der Waals surface area contributed by atoms with Gasteiger partial charge in [0.2, 0.25) is 5.91 Å².